The maximum Gasteiger partial charge on any atom is 0.308 e. The Morgan fingerprint density at radius 3 is 2.08 bits per heavy atom. The van der Waals surface area contributed by atoms with Gasteiger partial charge >= 0.3 is 5.97 Å². The number of nitrogens with one attached hydrogen (secondary N) is 1. The molecule has 3 aromatic heterocycles. The average molecular weight is 842 g/mol. The Labute approximate surface area is 358 Å². The van der Waals surface area contributed by atoms with E-state index in [1.165, 1.54) is 0 Å². The number of aromatic nitrogens is 6. The van der Waals surface area contributed by atoms with Crippen LogP contribution in [0.2, 0.25) is 5.02 Å². The van der Waals surface area contributed by atoms with E-state index < -0.39 is 23.2 Å². The molecule has 6 aromatic rings. The molecular formula is C46H48ClN9O3S. The number of thiophene rings is 1. The highest BCUT2D eigenvalue weighted by Gasteiger charge is 2.35. The van der Waals surface area contributed by atoms with Crippen molar-refractivity contribution < 1.29 is 14.3 Å². The van der Waals surface area contributed by atoms with E-state index in [-0.39, 0.29) is 24.7 Å². The van der Waals surface area contributed by atoms with Gasteiger partial charge in [0.1, 0.15) is 34.3 Å². The van der Waals surface area contributed by atoms with Crippen molar-refractivity contribution in [2.24, 2.45) is 9.98 Å². The van der Waals surface area contributed by atoms with Gasteiger partial charge in [0.05, 0.1) is 30.0 Å². The third-order valence-electron chi connectivity index (χ3n) is 10.4. The topological polar surface area (TPSA) is 142 Å². The first kappa shape index (κ1) is 41.0. The van der Waals surface area contributed by atoms with E-state index in [1.807, 2.05) is 102 Å². The number of para-hydroxylation sites is 1. The highest BCUT2D eigenvalue weighted by molar-refractivity contribution is 7.15. The third-order valence-corrected chi connectivity index (χ3v) is 11.8. The van der Waals surface area contributed by atoms with Crippen LogP contribution in [-0.2, 0) is 20.7 Å². The molecule has 0 saturated heterocycles. The number of aryl methyl sites for hydroxylation is 2. The van der Waals surface area contributed by atoms with Gasteiger partial charge in [-0.05, 0) is 91.6 Å². The molecule has 3 aromatic carbocycles. The van der Waals surface area contributed by atoms with E-state index in [0.29, 0.717) is 28.9 Å². The van der Waals surface area contributed by atoms with Crippen LogP contribution in [0, 0.1) is 20.8 Å². The molecule has 2 aliphatic rings. The zero-order valence-electron chi connectivity index (χ0n) is 35.3. The number of rotatable bonds is 8. The molecule has 0 fully saturated rings. The molecule has 12 nitrogen and oxygen atoms in total. The number of amides is 1. The molecule has 0 radical (unpaired) electrons. The predicted octanol–water partition coefficient (Wildman–Crippen LogP) is 8.90. The molecule has 1 amide bonds. The van der Waals surface area contributed by atoms with Crippen molar-refractivity contribution in [3.8, 4) is 10.7 Å². The summed E-state index contributed by atoms with van der Waals surface area (Å²) in [6.45, 7) is 17.6. The van der Waals surface area contributed by atoms with E-state index in [4.69, 9.17) is 36.5 Å². The number of carbonyl (C=O) groups excluding carboxylic acids is 2. The molecule has 2 atom stereocenters. The smallest absolute Gasteiger partial charge is 0.308 e. The molecule has 0 bridgehead atoms. The molecule has 0 spiro atoms. The van der Waals surface area contributed by atoms with Crippen LogP contribution in [0.1, 0.15) is 128 Å². The van der Waals surface area contributed by atoms with Crippen molar-refractivity contribution in [2.45, 2.75) is 105 Å². The van der Waals surface area contributed by atoms with E-state index >= 15 is 0 Å². The standard InChI is InChI=1S/C46H48ClN9O3S/c1-25-26(2)60-44-39(25)41(30-18-20-31(47)21-19-30)49-33(23-37(57)50-45(4,5)6)43-54-52-36(56(43)44)22-28-14-16-29(17-15-28)40-32-12-10-11-13-35(32)55-27(3)51-53-42(55)34(48-40)24-38(58)59-46(7,8)9/h10-21,33-34H,22-24H2,1-9H3,(H,50,57). The number of benzene rings is 3. The highest BCUT2D eigenvalue weighted by Crippen LogP contribution is 2.40. The molecule has 8 rings (SSSR count). The van der Waals surface area contributed by atoms with Crippen molar-refractivity contribution in [2.75, 3.05) is 0 Å². The maximum atomic E-state index is 13.5. The van der Waals surface area contributed by atoms with E-state index in [1.54, 1.807) is 11.3 Å². The van der Waals surface area contributed by atoms with Gasteiger partial charge in [-0.1, -0.05) is 66.2 Å². The molecule has 2 unspecified atom stereocenters. The SMILES string of the molecule is Cc1sc2c(c1C)C(c1ccc(Cl)cc1)=NC(CC(=O)NC(C)(C)C)c1nnc(Cc3ccc(C4=NC(CC(=O)OC(C)(C)C)c5nnc(C)n5-c5ccccc54)cc3)n1-2. The number of fused-ring (bicyclic) bond motifs is 6. The second kappa shape index (κ2) is 15.7. The first-order valence-electron chi connectivity index (χ1n) is 20.0. The minimum absolute atomic E-state index is 0.00886. The fourth-order valence-electron chi connectivity index (χ4n) is 7.73. The van der Waals surface area contributed by atoms with Gasteiger partial charge in [-0.2, -0.15) is 0 Å². The van der Waals surface area contributed by atoms with Crippen LogP contribution >= 0.6 is 22.9 Å². The Balaban J connectivity index is 1.18. The van der Waals surface area contributed by atoms with Crippen LogP contribution in [0.15, 0.2) is 82.8 Å². The summed E-state index contributed by atoms with van der Waals surface area (Å²) in [7, 11) is 0. The average Bonchev–Trinajstić information content (AvgIpc) is 3.79. The molecule has 14 heteroatoms. The number of hydrogen-bond acceptors (Lipinski definition) is 10. The van der Waals surface area contributed by atoms with Gasteiger partial charge in [0.25, 0.3) is 0 Å². The molecule has 5 heterocycles. The number of aliphatic imine (C=N–C) groups is 2. The van der Waals surface area contributed by atoms with Crippen molar-refractivity contribution in [3.05, 3.63) is 139 Å². The first-order valence-corrected chi connectivity index (χ1v) is 21.2. The molecule has 308 valence electrons. The quantitative estimate of drug-likeness (QED) is 0.151. The summed E-state index contributed by atoms with van der Waals surface area (Å²) >= 11 is 8.01. The molecular weight excluding hydrogens is 794 g/mol. The molecule has 0 aliphatic carbocycles. The van der Waals surface area contributed by atoms with E-state index in [2.05, 4.69) is 58.2 Å². The molecule has 2 aliphatic heterocycles. The summed E-state index contributed by atoms with van der Waals surface area (Å²) < 4.78 is 9.83. The Hall–Kier alpha value is -5.79. The van der Waals surface area contributed by atoms with Gasteiger partial charge in [-0.15, -0.1) is 31.7 Å². The van der Waals surface area contributed by atoms with Gasteiger partial charge in [0.15, 0.2) is 11.6 Å². The minimum Gasteiger partial charge on any atom is -0.460 e. The van der Waals surface area contributed by atoms with Gasteiger partial charge in [0, 0.05) is 44.1 Å². The Kier molecular flexibility index (Phi) is 10.7. The number of nitrogens with zero attached hydrogens (tertiary/aromatic N) is 8. The lowest BCUT2D eigenvalue weighted by Crippen LogP contribution is -2.41. The Bertz CT molecular complexity index is 2690. The van der Waals surface area contributed by atoms with Crippen LogP contribution in [0.4, 0.5) is 0 Å². The summed E-state index contributed by atoms with van der Waals surface area (Å²) in [4.78, 5) is 38.4. The fourth-order valence-corrected chi connectivity index (χ4v) is 9.04. The normalized spacial score (nSPS) is 16.0. The zero-order valence-corrected chi connectivity index (χ0v) is 36.9. The van der Waals surface area contributed by atoms with Crippen LogP contribution in [0.25, 0.3) is 10.7 Å². The van der Waals surface area contributed by atoms with Gasteiger partial charge < -0.3 is 10.1 Å². The van der Waals surface area contributed by atoms with Crippen LogP contribution in [0.5, 0.6) is 0 Å². The second-order valence-corrected chi connectivity index (χ2v) is 19.0. The number of esters is 1. The first-order chi connectivity index (χ1) is 28.4. The highest BCUT2D eigenvalue weighted by atomic mass is 35.5. The number of carbonyl (C=O) groups is 2. The summed E-state index contributed by atoms with van der Waals surface area (Å²) in [5, 5.41) is 23.1. The lowest BCUT2D eigenvalue weighted by atomic mass is 9.98. The summed E-state index contributed by atoms with van der Waals surface area (Å²) in [6, 6.07) is 22.7. The van der Waals surface area contributed by atoms with E-state index in [0.717, 1.165) is 66.2 Å². The molecule has 0 saturated carbocycles. The lowest BCUT2D eigenvalue weighted by Gasteiger charge is -2.22. The summed E-state index contributed by atoms with van der Waals surface area (Å²) in [6.07, 6.45) is 0.571. The van der Waals surface area contributed by atoms with Crippen LogP contribution in [0.3, 0.4) is 0 Å². The number of ether oxygens (including phenoxy) is 1. The van der Waals surface area contributed by atoms with E-state index in [9.17, 15) is 9.59 Å². The predicted molar refractivity (Wildman–Crippen MR) is 235 cm³/mol. The van der Waals surface area contributed by atoms with Gasteiger partial charge in [0.2, 0.25) is 5.91 Å². The van der Waals surface area contributed by atoms with Crippen molar-refractivity contribution in [3.63, 3.8) is 0 Å². The zero-order chi connectivity index (χ0) is 42.7. The van der Waals surface area contributed by atoms with Crippen molar-refractivity contribution >= 4 is 46.2 Å². The molecule has 1 N–H and O–H groups in total. The Morgan fingerprint density at radius 2 is 1.38 bits per heavy atom. The number of halogens is 1. The maximum absolute atomic E-state index is 13.5. The monoisotopic (exact) mass is 841 g/mol. The largest absolute Gasteiger partial charge is 0.460 e. The molecule has 60 heavy (non-hydrogen) atoms. The van der Waals surface area contributed by atoms with Gasteiger partial charge in [-0.3, -0.25) is 28.7 Å². The minimum atomic E-state index is -0.643. The lowest BCUT2D eigenvalue weighted by molar-refractivity contribution is -0.155. The fraction of sp³-hybridized carbons (Fsp3) is 0.348. The van der Waals surface area contributed by atoms with Crippen molar-refractivity contribution in [1.29, 1.82) is 0 Å². The Morgan fingerprint density at radius 1 is 0.767 bits per heavy atom. The summed E-state index contributed by atoms with van der Waals surface area (Å²) in [5.41, 5.74) is 7.17. The third kappa shape index (κ3) is 8.20. The van der Waals surface area contributed by atoms with Gasteiger partial charge in [-0.25, -0.2) is 0 Å². The number of hydrogen-bond donors (Lipinski definition) is 1. The van der Waals surface area contributed by atoms with Crippen LogP contribution in [-0.4, -0.2) is 64.0 Å². The summed E-state index contributed by atoms with van der Waals surface area (Å²) in [5.74, 6) is 2.15. The second-order valence-electron chi connectivity index (χ2n) is 17.4. The van der Waals surface area contributed by atoms with Crippen LogP contribution < -0.4 is 5.32 Å². The van der Waals surface area contributed by atoms with Crippen molar-refractivity contribution in [1.82, 2.24) is 34.8 Å².